The molecule has 0 aliphatic rings. The average Bonchev–Trinajstić information content (AvgIpc) is 2.74. The quantitative estimate of drug-likeness (QED) is 0.831. The van der Waals surface area contributed by atoms with Crippen molar-refractivity contribution in [3.63, 3.8) is 0 Å². The third-order valence-corrected chi connectivity index (χ3v) is 4.43. The third kappa shape index (κ3) is 3.34. The molecule has 0 atom stereocenters. The molecule has 6 heteroatoms. The monoisotopic (exact) mass is 390 g/mol. The Bertz CT molecular complexity index is 580. The summed E-state index contributed by atoms with van der Waals surface area (Å²) >= 11 is 8.30. The Morgan fingerprint density at radius 2 is 2.06 bits per heavy atom. The van der Waals surface area contributed by atoms with Crippen LogP contribution in [0.1, 0.15) is 15.2 Å². The Hall–Kier alpha value is -0.850. The predicted molar refractivity (Wildman–Crippen MR) is 77.5 cm³/mol. The number of benzene rings is 1. The number of thiophene rings is 1. The Labute approximate surface area is 125 Å². The first-order chi connectivity index (χ1) is 8.56. The highest BCUT2D eigenvalue weighted by atomic mass is 79.9. The van der Waals surface area contributed by atoms with E-state index in [0.29, 0.717) is 12.4 Å². The minimum Gasteiger partial charge on any atom is -0.487 e. The molecule has 18 heavy (non-hydrogen) atoms. The van der Waals surface area contributed by atoms with Gasteiger partial charge in [-0.3, -0.25) is 0 Å². The molecule has 0 saturated heterocycles. The number of rotatable bonds is 4. The van der Waals surface area contributed by atoms with E-state index < -0.39 is 5.97 Å². The van der Waals surface area contributed by atoms with Crippen molar-refractivity contribution >= 4 is 49.2 Å². The Morgan fingerprint density at radius 1 is 1.28 bits per heavy atom. The van der Waals surface area contributed by atoms with E-state index in [-0.39, 0.29) is 5.56 Å². The summed E-state index contributed by atoms with van der Waals surface area (Å²) in [6.45, 7) is 0.415. The highest BCUT2D eigenvalue weighted by Gasteiger charge is 2.08. The van der Waals surface area contributed by atoms with Gasteiger partial charge in [0, 0.05) is 4.88 Å². The summed E-state index contributed by atoms with van der Waals surface area (Å²) in [6.07, 6.45) is 0. The number of carbonyl (C=O) groups is 1. The molecule has 1 heterocycles. The molecule has 1 N–H and O–H groups in total. The van der Waals surface area contributed by atoms with Crippen molar-refractivity contribution < 1.29 is 14.6 Å². The van der Waals surface area contributed by atoms with Gasteiger partial charge in [-0.1, -0.05) is 0 Å². The smallest absolute Gasteiger partial charge is 0.335 e. The molecule has 2 rings (SSSR count). The summed E-state index contributed by atoms with van der Waals surface area (Å²) in [5.41, 5.74) is 0.209. The Kier molecular flexibility index (Phi) is 4.42. The molecule has 3 nitrogen and oxygen atoms in total. The molecular weight excluding hydrogens is 384 g/mol. The lowest BCUT2D eigenvalue weighted by atomic mass is 10.2. The minimum absolute atomic E-state index is 0.209. The zero-order chi connectivity index (χ0) is 13.1. The van der Waals surface area contributed by atoms with Crippen molar-refractivity contribution in [1.82, 2.24) is 0 Å². The molecule has 0 bridgehead atoms. The first-order valence-electron chi connectivity index (χ1n) is 4.96. The fraction of sp³-hybridized carbons (Fsp3) is 0.0833. The van der Waals surface area contributed by atoms with Crippen LogP contribution in [0, 0.1) is 0 Å². The second kappa shape index (κ2) is 5.86. The maximum Gasteiger partial charge on any atom is 0.335 e. The highest BCUT2D eigenvalue weighted by molar-refractivity contribution is 9.11. The predicted octanol–water partition coefficient (Wildman–Crippen LogP) is 4.55. The molecule has 2 aromatic rings. The molecule has 0 aliphatic carbocycles. The van der Waals surface area contributed by atoms with E-state index in [1.54, 1.807) is 17.4 Å². The van der Waals surface area contributed by atoms with E-state index in [0.717, 1.165) is 13.1 Å². The van der Waals surface area contributed by atoms with Crippen LogP contribution in [0.4, 0.5) is 0 Å². The van der Waals surface area contributed by atoms with Crippen molar-refractivity contribution in [3.05, 3.63) is 49.0 Å². The molecule has 0 amide bonds. The van der Waals surface area contributed by atoms with Gasteiger partial charge >= 0.3 is 5.97 Å². The van der Waals surface area contributed by atoms with Gasteiger partial charge in [-0.05, 0) is 62.2 Å². The molecule has 0 fully saturated rings. The lowest BCUT2D eigenvalue weighted by Gasteiger charge is -2.07. The summed E-state index contributed by atoms with van der Waals surface area (Å²) in [4.78, 5) is 11.9. The SMILES string of the molecule is O=C(O)c1ccc(Br)c(OCc2ccc(Br)s2)c1. The Balaban J connectivity index is 2.13. The van der Waals surface area contributed by atoms with Crippen molar-refractivity contribution in [1.29, 1.82) is 0 Å². The minimum atomic E-state index is -0.966. The zero-order valence-electron chi connectivity index (χ0n) is 9.02. The molecule has 0 radical (unpaired) electrons. The van der Waals surface area contributed by atoms with Gasteiger partial charge in [-0.15, -0.1) is 11.3 Å². The van der Waals surface area contributed by atoms with Gasteiger partial charge in [0.2, 0.25) is 0 Å². The number of carboxylic acids is 1. The summed E-state index contributed by atoms with van der Waals surface area (Å²) in [7, 11) is 0. The molecular formula is C12H8Br2O3S. The van der Waals surface area contributed by atoms with Crippen molar-refractivity contribution in [3.8, 4) is 5.75 Å². The average molecular weight is 392 g/mol. The Morgan fingerprint density at radius 3 is 2.67 bits per heavy atom. The second-order valence-electron chi connectivity index (χ2n) is 3.44. The standard InChI is InChI=1S/C12H8Br2O3S/c13-9-3-1-7(12(15)16)5-10(9)17-6-8-2-4-11(14)18-8/h1-5H,6H2,(H,15,16). The van der Waals surface area contributed by atoms with E-state index >= 15 is 0 Å². The molecule has 0 spiro atoms. The van der Waals surface area contributed by atoms with E-state index in [4.69, 9.17) is 9.84 Å². The topological polar surface area (TPSA) is 46.5 Å². The van der Waals surface area contributed by atoms with Crippen LogP contribution in [0.3, 0.4) is 0 Å². The number of hydrogen-bond acceptors (Lipinski definition) is 3. The number of hydrogen-bond donors (Lipinski definition) is 1. The van der Waals surface area contributed by atoms with Crippen LogP contribution < -0.4 is 4.74 Å². The van der Waals surface area contributed by atoms with Crippen LogP contribution in [-0.4, -0.2) is 11.1 Å². The number of carboxylic acid groups (broad SMARTS) is 1. The molecule has 0 saturated carbocycles. The lowest BCUT2D eigenvalue weighted by molar-refractivity contribution is 0.0696. The van der Waals surface area contributed by atoms with E-state index in [1.807, 2.05) is 12.1 Å². The summed E-state index contributed by atoms with van der Waals surface area (Å²) in [5.74, 6) is -0.439. The van der Waals surface area contributed by atoms with Crippen LogP contribution in [-0.2, 0) is 6.61 Å². The van der Waals surface area contributed by atoms with Gasteiger partial charge in [0.25, 0.3) is 0 Å². The summed E-state index contributed by atoms with van der Waals surface area (Å²) < 4.78 is 7.39. The van der Waals surface area contributed by atoms with E-state index in [9.17, 15) is 4.79 Å². The number of halogens is 2. The zero-order valence-corrected chi connectivity index (χ0v) is 13.0. The van der Waals surface area contributed by atoms with Gasteiger partial charge in [0.1, 0.15) is 12.4 Å². The van der Waals surface area contributed by atoms with Crippen LogP contribution in [0.5, 0.6) is 5.75 Å². The van der Waals surface area contributed by atoms with Crippen molar-refractivity contribution in [2.24, 2.45) is 0 Å². The van der Waals surface area contributed by atoms with Crippen LogP contribution >= 0.6 is 43.2 Å². The van der Waals surface area contributed by atoms with Crippen LogP contribution in [0.2, 0.25) is 0 Å². The second-order valence-corrected chi connectivity index (χ2v) is 6.85. The van der Waals surface area contributed by atoms with E-state index in [2.05, 4.69) is 31.9 Å². The molecule has 1 aromatic heterocycles. The first kappa shape index (κ1) is 13.6. The lowest BCUT2D eigenvalue weighted by Crippen LogP contribution is -1.99. The number of ether oxygens (including phenoxy) is 1. The fourth-order valence-corrected chi connectivity index (χ4v) is 3.08. The van der Waals surface area contributed by atoms with Gasteiger partial charge < -0.3 is 9.84 Å². The van der Waals surface area contributed by atoms with E-state index in [1.165, 1.54) is 12.1 Å². The molecule has 94 valence electrons. The molecule has 0 unspecified atom stereocenters. The van der Waals surface area contributed by atoms with Gasteiger partial charge in [-0.25, -0.2) is 4.79 Å². The first-order valence-corrected chi connectivity index (χ1v) is 7.36. The van der Waals surface area contributed by atoms with Crippen LogP contribution in [0.15, 0.2) is 38.6 Å². The number of aromatic carboxylic acids is 1. The fourth-order valence-electron chi connectivity index (χ4n) is 1.33. The molecule has 1 aromatic carbocycles. The summed E-state index contributed by atoms with van der Waals surface area (Å²) in [6, 6.07) is 8.62. The van der Waals surface area contributed by atoms with Crippen LogP contribution in [0.25, 0.3) is 0 Å². The van der Waals surface area contributed by atoms with Gasteiger partial charge in [0.15, 0.2) is 0 Å². The van der Waals surface area contributed by atoms with Gasteiger partial charge in [0.05, 0.1) is 13.8 Å². The highest BCUT2D eigenvalue weighted by Crippen LogP contribution is 2.28. The normalized spacial score (nSPS) is 10.3. The summed E-state index contributed by atoms with van der Waals surface area (Å²) in [5, 5.41) is 8.91. The largest absolute Gasteiger partial charge is 0.487 e. The molecule has 0 aliphatic heterocycles. The maximum absolute atomic E-state index is 10.9. The third-order valence-electron chi connectivity index (χ3n) is 2.18. The van der Waals surface area contributed by atoms with Gasteiger partial charge in [-0.2, -0.15) is 0 Å². The van der Waals surface area contributed by atoms with Crippen molar-refractivity contribution in [2.45, 2.75) is 6.61 Å². The van der Waals surface area contributed by atoms with Crippen molar-refractivity contribution in [2.75, 3.05) is 0 Å². The maximum atomic E-state index is 10.9.